The molecule has 1 aliphatic rings. The molecule has 0 saturated carbocycles. The van der Waals surface area contributed by atoms with Gasteiger partial charge in [-0.2, -0.15) is 5.10 Å². The molecule has 1 aromatic rings. The van der Waals surface area contributed by atoms with E-state index in [0.717, 1.165) is 26.2 Å². The number of likely N-dealkylation sites (tertiary alicyclic amines) is 1. The molecule has 2 heterocycles. The first-order valence-corrected chi connectivity index (χ1v) is 6.19. The lowest BCUT2D eigenvalue weighted by Crippen LogP contribution is -2.28. The van der Waals surface area contributed by atoms with Crippen LogP contribution in [0.4, 0.5) is 0 Å². The molecule has 1 saturated heterocycles. The fourth-order valence-corrected chi connectivity index (χ4v) is 2.60. The second kappa shape index (κ2) is 4.97. The van der Waals surface area contributed by atoms with E-state index >= 15 is 0 Å². The maximum atomic E-state index is 5.74. The summed E-state index contributed by atoms with van der Waals surface area (Å²) in [5.41, 5.74) is 7.06. The van der Waals surface area contributed by atoms with Gasteiger partial charge in [-0.15, -0.1) is 0 Å². The lowest BCUT2D eigenvalue weighted by Gasteiger charge is -2.21. The van der Waals surface area contributed by atoms with Gasteiger partial charge in [-0.1, -0.05) is 0 Å². The van der Waals surface area contributed by atoms with Gasteiger partial charge >= 0.3 is 0 Å². The summed E-state index contributed by atoms with van der Waals surface area (Å²) in [6.45, 7) is 8.33. The molecule has 1 aliphatic heterocycles. The van der Waals surface area contributed by atoms with E-state index in [2.05, 4.69) is 34.6 Å². The molecule has 0 amide bonds. The summed E-state index contributed by atoms with van der Waals surface area (Å²) in [7, 11) is 0. The first-order chi connectivity index (χ1) is 7.74. The average molecular weight is 222 g/mol. The molecule has 2 rings (SSSR count). The molecular formula is C12H22N4. The Morgan fingerprint density at radius 3 is 3.00 bits per heavy atom. The second-order valence-electron chi connectivity index (χ2n) is 4.75. The molecule has 16 heavy (non-hydrogen) atoms. The summed E-state index contributed by atoms with van der Waals surface area (Å²) in [5.74, 6) is 0.674. The molecule has 0 spiro atoms. The van der Waals surface area contributed by atoms with Crippen molar-refractivity contribution in [2.24, 2.45) is 11.7 Å². The molecule has 2 atom stereocenters. The summed E-state index contributed by atoms with van der Waals surface area (Å²) in [4.78, 5) is 2.51. The van der Waals surface area contributed by atoms with Crippen molar-refractivity contribution in [2.45, 2.75) is 39.4 Å². The van der Waals surface area contributed by atoms with Crippen LogP contribution in [0, 0.1) is 5.92 Å². The highest BCUT2D eigenvalue weighted by molar-refractivity contribution is 5.01. The Morgan fingerprint density at radius 2 is 2.38 bits per heavy atom. The van der Waals surface area contributed by atoms with Crippen LogP contribution in [0.3, 0.4) is 0 Å². The van der Waals surface area contributed by atoms with Crippen LogP contribution >= 0.6 is 0 Å². The highest BCUT2D eigenvalue weighted by atomic mass is 15.3. The predicted octanol–water partition coefficient (Wildman–Crippen LogP) is 1.07. The van der Waals surface area contributed by atoms with E-state index in [1.165, 1.54) is 12.1 Å². The summed E-state index contributed by atoms with van der Waals surface area (Å²) in [5, 5.41) is 4.31. The van der Waals surface area contributed by atoms with Gasteiger partial charge in [-0.25, -0.2) is 0 Å². The summed E-state index contributed by atoms with van der Waals surface area (Å²) in [6.07, 6.45) is 3.12. The van der Waals surface area contributed by atoms with E-state index < -0.39 is 0 Å². The van der Waals surface area contributed by atoms with Crippen LogP contribution in [0.5, 0.6) is 0 Å². The maximum Gasteiger partial charge on any atom is 0.0524 e. The monoisotopic (exact) mass is 222 g/mol. The number of rotatable bonds is 4. The van der Waals surface area contributed by atoms with Crippen molar-refractivity contribution in [1.82, 2.24) is 14.7 Å². The molecule has 0 aromatic carbocycles. The molecule has 1 aromatic heterocycles. The van der Waals surface area contributed by atoms with E-state index in [4.69, 9.17) is 5.73 Å². The minimum absolute atomic E-state index is 0.647. The minimum Gasteiger partial charge on any atom is -0.330 e. The Hall–Kier alpha value is -0.870. The van der Waals surface area contributed by atoms with Gasteiger partial charge in [0.05, 0.1) is 5.69 Å². The van der Waals surface area contributed by atoms with Crippen molar-refractivity contribution in [3.05, 3.63) is 18.0 Å². The fourth-order valence-electron chi connectivity index (χ4n) is 2.60. The number of nitrogens with two attached hydrogens (primary N) is 1. The van der Waals surface area contributed by atoms with Gasteiger partial charge in [0.2, 0.25) is 0 Å². The molecule has 4 heteroatoms. The second-order valence-corrected chi connectivity index (χ2v) is 4.75. The molecule has 0 bridgehead atoms. The maximum absolute atomic E-state index is 5.74. The normalized spacial score (nSPS) is 26.4. The quantitative estimate of drug-likeness (QED) is 0.829. The Balaban J connectivity index is 2.00. The molecule has 4 nitrogen and oxygen atoms in total. The third kappa shape index (κ3) is 2.28. The molecule has 0 aliphatic carbocycles. The number of nitrogens with zero attached hydrogens (tertiary/aromatic N) is 3. The first-order valence-electron chi connectivity index (χ1n) is 6.19. The van der Waals surface area contributed by atoms with E-state index in [1.807, 2.05) is 6.20 Å². The fraction of sp³-hybridized carbons (Fsp3) is 0.750. The SMILES string of the molecule is CCn1nccc1CN1CC(CN)CC1C. The molecule has 90 valence electrons. The number of hydrogen-bond acceptors (Lipinski definition) is 3. The standard InChI is InChI=1S/C12H22N4/c1-3-16-12(4-5-14-16)9-15-8-11(7-13)6-10(15)2/h4-5,10-11H,3,6-9,13H2,1-2H3. The Morgan fingerprint density at radius 1 is 1.56 bits per heavy atom. The molecule has 2 N–H and O–H groups in total. The van der Waals surface area contributed by atoms with Crippen LogP contribution in [0.15, 0.2) is 12.3 Å². The molecule has 2 unspecified atom stereocenters. The van der Waals surface area contributed by atoms with Crippen LogP contribution < -0.4 is 5.73 Å². The lowest BCUT2D eigenvalue weighted by atomic mass is 10.1. The van der Waals surface area contributed by atoms with Gasteiger partial charge in [-0.05, 0) is 38.8 Å². The summed E-state index contributed by atoms with van der Waals surface area (Å²) in [6, 6.07) is 2.76. The van der Waals surface area contributed by atoms with Gasteiger partial charge in [0.25, 0.3) is 0 Å². The van der Waals surface area contributed by atoms with Gasteiger partial charge in [0, 0.05) is 31.9 Å². The van der Waals surface area contributed by atoms with Crippen molar-refractivity contribution in [3.63, 3.8) is 0 Å². The van der Waals surface area contributed by atoms with Crippen LogP contribution in [-0.4, -0.2) is 33.8 Å². The largest absolute Gasteiger partial charge is 0.330 e. The Kier molecular flexibility index (Phi) is 3.61. The lowest BCUT2D eigenvalue weighted by molar-refractivity contribution is 0.248. The van der Waals surface area contributed by atoms with E-state index in [1.54, 1.807) is 0 Å². The number of hydrogen-bond donors (Lipinski definition) is 1. The van der Waals surface area contributed by atoms with Crippen LogP contribution in [-0.2, 0) is 13.1 Å². The Bertz CT molecular complexity index is 334. The van der Waals surface area contributed by atoms with Crippen molar-refractivity contribution in [3.8, 4) is 0 Å². The summed E-state index contributed by atoms with van der Waals surface area (Å²) < 4.78 is 2.07. The number of aryl methyl sites for hydroxylation is 1. The van der Waals surface area contributed by atoms with Crippen LogP contribution in [0.25, 0.3) is 0 Å². The highest BCUT2D eigenvalue weighted by Gasteiger charge is 2.28. The molecule has 0 radical (unpaired) electrons. The zero-order chi connectivity index (χ0) is 11.5. The molecular weight excluding hydrogens is 200 g/mol. The highest BCUT2D eigenvalue weighted by Crippen LogP contribution is 2.23. The zero-order valence-electron chi connectivity index (χ0n) is 10.3. The number of aromatic nitrogens is 2. The zero-order valence-corrected chi connectivity index (χ0v) is 10.3. The van der Waals surface area contributed by atoms with Gasteiger partial charge in [-0.3, -0.25) is 9.58 Å². The average Bonchev–Trinajstić information content (AvgIpc) is 2.86. The minimum atomic E-state index is 0.647. The van der Waals surface area contributed by atoms with Crippen LogP contribution in [0.1, 0.15) is 26.0 Å². The Labute approximate surface area is 97.4 Å². The van der Waals surface area contributed by atoms with Crippen molar-refractivity contribution in [2.75, 3.05) is 13.1 Å². The molecule has 1 fully saturated rings. The topological polar surface area (TPSA) is 47.1 Å². The van der Waals surface area contributed by atoms with Gasteiger partial charge < -0.3 is 5.73 Å². The van der Waals surface area contributed by atoms with Crippen molar-refractivity contribution >= 4 is 0 Å². The first kappa shape index (κ1) is 11.6. The van der Waals surface area contributed by atoms with E-state index in [9.17, 15) is 0 Å². The van der Waals surface area contributed by atoms with Crippen LogP contribution in [0.2, 0.25) is 0 Å². The van der Waals surface area contributed by atoms with E-state index in [0.29, 0.717) is 12.0 Å². The van der Waals surface area contributed by atoms with Crippen molar-refractivity contribution in [1.29, 1.82) is 0 Å². The third-order valence-corrected chi connectivity index (χ3v) is 3.59. The van der Waals surface area contributed by atoms with E-state index in [-0.39, 0.29) is 0 Å². The van der Waals surface area contributed by atoms with Crippen molar-refractivity contribution < 1.29 is 0 Å². The third-order valence-electron chi connectivity index (χ3n) is 3.59. The predicted molar refractivity (Wildman–Crippen MR) is 64.9 cm³/mol. The smallest absolute Gasteiger partial charge is 0.0524 e. The van der Waals surface area contributed by atoms with Gasteiger partial charge in [0.1, 0.15) is 0 Å². The summed E-state index contributed by atoms with van der Waals surface area (Å²) >= 11 is 0. The van der Waals surface area contributed by atoms with Gasteiger partial charge in [0.15, 0.2) is 0 Å².